The smallest absolute Gasteiger partial charge is 0.377 e. The lowest BCUT2D eigenvalue weighted by atomic mass is 10.1. The zero-order chi connectivity index (χ0) is 17.4. The van der Waals surface area contributed by atoms with Crippen molar-refractivity contribution in [1.82, 2.24) is 4.90 Å². The summed E-state index contributed by atoms with van der Waals surface area (Å²) in [5.74, 6) is 0.796. The molecule has 1 aliphatic heterocycles. The lowest BCUT2D eigenvalue weighted by molar-refractivity contribution is 0.207. The first kappa shape index (κ1) is 19.0. The van der Waals surface area contributed by atoms with Crippen molar-refractivity contribution in [2.45, 2.75) is 33.1 Å². The third-order valence-electron chi connectivity index (χ3n) is 3.97. The molecular weight excluding hydrogens is 325 g/mol. The van der Waals surface area contributed by atoms with Gasteiger partial charge in [-0.3, -0.25) is 4.57 Å². The van der Waals surface area contributed by atoms with Crippen LogP contribution in [0.3, 0.4) is 0 Å². The predicted molar refractivity (Wildman–Crippen MR) is 97.3 cm³/mol. The second-order valence-corrected chi connectivity index (χ2v) is 7.63. The highest BCUT2D eigenvalue weighted by atomic mass is 31.2. The van der Waals surface area contributed by atoms with Gasteiger partial charge in [0.25, 0.3) is 0 Å². The van der Waals surface area contributed by atoms with Crippen molar-refractivity contribution < 1.29 is 18.3 Å². The Labute approximate surface area is 145 Å². The van der Waals surface area contributed by atoms with Crippen molar-refractivity contribution in [2.24, 2.45) is 0 Å². The van der Waals surface area contributed by atoms with Crippen LogP contribution in [0.1, 0.15) is 38.7 Å². The Morgan fingerprint density at radius 2 is 1.67 bits per heavy atom. The molecule has 1 fully saturated rings. The molecule has 0 unspecified atom stereocenters. The van der Waals surface area contributed by atoms with Gasteiger partial charge in [0, 0.05) is 13.1 Å². The molecule has 134 valence electrons. The monoisotopic (exact) mass is 353 g/mol. The van der Waals surface area contributed by atoms with Crippen LogP contribution in [0.5, 0.6) is 5.75 Å². The zero-order valence-electron chi connectivity index (χ0n) is 14.9. The van der Waals surface area contributed by atoms with Gasteiger partial charge >= 0.3 is 7.60 Å². The Balaban J connectivity index is 2.39. The van der Waals surface area contributed by atoms with Crippen LogP contribution in [0, 0.1) is 0 Å². The van der Waals surface area contributed by atoms with E-state index in [4.69, 9.17) is 13.8 Å². The van der Waals surface area contributed by atoms with E-state index in [-0.39, 0.29) is 0 Å². The zero-order valence-corrected chi connectivity index (χ0v) is 15.8. The highest BCUT2D eigenvalue weighted by Crippen LogP contribution is 2.58. The number of methoxy groups -OCH3 is 1. The second-order valence-electron chi connectivity index (χ2n) is 5.66. The molecule has 0 spiro atoms. The van der Waals surface area contributed by atoms with E-state index in [0.29, 0.717) is 18.7 Å². The van der Waals surface area contributed by atoms with Crippen LogP contribution in [0.15, 0.2) is 29.7 Å². The lowest BCUT2D eigenvalue weighted by Crippen LogP contribution is -2.29. The minimum atomic E-state index is -3.33. The van der Waals surface area contributed by atoms with E-state index in [9.17, 15) is 4.57 Å². The van der Waals surface area contributed by atoms with Gasteiger partial charge in [0.15, 0.2) is 0 Å². The molecule has 1 saturated heterocycles. The number of ether oxygens (including phenoxy) is 1. The predicted octanol–water partition coefficient (Wildman–Crippen LogP) is 4.75. The van der Waals surface area contributed by atoms with Gasteiger partial charge in [0.2, 0.25) is 0 Å². The molecule has 6 heteroatoms. The quantitative estimate of drug-likeness (QED) is 0.632. The van der Waals surface area contributed by atoms with E-state index >= 15 is 0 Å². The standard InChI is InChI=1S/C18H28NO4P/c1-4-22-24(20,23-5-2)18(19-13-7-6-8-14-19)15-16-9-11-17(21-3)12-10-16/h9-12,15H,4-8,13-14H2,1-3H3/b18-15-. The number of hydrogen-bond acceptors (Lipinski definition) is 5. The van der Waals surface area contributed by atoms with E-state index in [1.54, 1.807) is 7.11 Å². The molecule has 2 rings (SSSR count). The van der Waals surface area contributed by atoms with E-state index in [0.717, 1.165) is 37.2 Å². The lowest BCUT2D eigenvalue weighted by Gasteiger charge is -2.34. The van der Waals surface area contributed by atoms with Gasteiger partial charge in [0.1, 0.15) is 11.2 Å². The molecule has 0 radical (unpaired) electrons. The number of nitrogens with zero attached hydrogens (tertiary/aromatic N) is 1. The van der Waals surface area contributed by atoms with Gasteiger partial charge in [-0.25, -0.2) is 0 Å². The van der Waals surface area contributed by atoms with Crippen LogP contribution in [-0.2, 0) is 13.6 Å². The molecule has 1 aromatic carbocycles. The minimum Gasteiger partial charge on any atom is -0.497 e. The molecule has 1 aliphatic rings. The van der Waals surface area contributed by atoms with E-state index < -0.39 is 7.60 Å². The molecule has 1 aromatic rings. The molecule has 0 bridgehead atoms. The van der Waals surface area contributed by atoms with Gasteiger partial charge in [0.05, 0.1) is 20.3 Å². The Bertz CT molecular complexity index is 569. The Kier molecular flexibility index (Phi) is 7.35. The number of rotatable bonds is 8. The maximum atomic E-state index is 13.4. The van der Waals surface area contributed by atoms with Crippen molar-refractivity contribution in [1.29, 1.82) is 0 Å². The number of likely N-dealkylation sites (tertiary alicyclic amines) is 1. The highest BCUT2D eigenvalue weighted by molar-refractivity contribution is 7.58. The van der Waals surface area contributed by atoms with Crippen LogP contribution >= 0.6 is 7.60 Å². The third kappa shape index (κ3) is 4.85. The topological polar surface area (TPSA) is 48.0 Å². The maximum Gasteiger partial charge on any atom is 0.377 e. The first-order chi connectivity index (χ1) is 11.6. The molecule has 0 aliphatic carbocycles. The van der Waals surface area contributed by atoms with E-state index in [2.05, 4.69) is 4.90 Å². The van der Waals surface area contributed by atoms with Crippen LogP contribution in [0.4, 0.5) is 0 Å². The summed E-state index contributed by atoms with van der Waals surface area (Å²) in [6, 6.07) is 7.69. The average molecular weight is 353 g/mol. The number of piperidine rings is 1. The van der Waals surface area contributed by atoms with E-state index in [1.807, 2.05) is 44.2 Å². The Hall–Kier alpha value is -1.29. The summed E-state index contributed by atoms with van der Waals surface area (Å²) in [7, 11) is -1.69. The molecule has 0 atom stereocenters. The molecule has 0 aromatic heterocycles. The van der Waals surface area contributed by atoms with Crippen molar-refractivity contribution in [3.05, 3.63) is 35.3 Å². The first-order valence-corrected chi connectivity index (χ1v) is 10.2. The van der Waals surface area contributed by atoms with Gasteiger partial charge in [-0.05, 0) is 56.9 Å². The number of hydrogen-bond donors (Lipinski definition) is 0. The minimum absolute atomic E-state index is 0.352. The van der Waals surface area contributed by atoms with E-state index in [1.165, 1.54) is 6.42 Å². The van der Waals surface area contributed by atoms with Crippen LogP contribution in [-0.4, -0.2) is 38.3 Å². The van der Waals surface area contributed by atoms with Gasteiger partial charge in [-0.1, -0.05) is 12.1 Å². The summed E-state index contributed by atoms with van der Waals surface area (Å²) < 4.78 is 29.8. The average Bonchev–Trinajstić information content (AvgIpc) is 2.61. The molecule has 0 amide bonds. The maximum absolute atomic E-state index is 13.4. The molecular formula is C18H28NO4P. The fourth-order valence-electron chi connectivity index (χ4n) is 2.83. The van der Waals surface area contributed by atoms with Crippen LogP contribution in [0.2, 0.25) is 0 Å². The Morgan fingerprint density at radius 1 is 1.08 bits per heavy atom. The highest BCUT2D eigenvalue weighted by Gasteiger charge is 2.34. The fraction of sp³-hybridized carbons (Fsp3) is 0.556. The largest absolute Gasteiger partial charge is 0.497 e. The van der Waals surface area contributed by atoms with Gasteiger partial charge in [-0.2, -0.15) is 0 Å². The third-order valence-corrected chi connectivity index (χ3v) is 6.14. The van der Waals surface area contributed by atoms with Crippen molar-refractivity contribution in [2.75, 3.05) is 33.4 Å². The second kappa shape index (κ2) is 9.26. The molecule has 1 heterocycles. The molecule has 5 nitrogen and oxygen atoms in total. The van der Waals surface area contributed by atoms with Gasteiger partial charge in [-0.15, -0.1) is 0 Å². The normalized spacial score (nSPS) is 16.3. The summed E-state index contributed by atoms with van der Waals surface area (Å²) in [5.41, 5.74) is 1.62. The van der Waals surface area contributed by atoms with Crippen LogP contribution in [0.25, 0.3) is 6.08 Å². The first-order valence-electron chi connectivity index (χ1n) is 8.63. The Morgan fingerprint density at radius 3 is 2.17 bits per heavy atom. The molecule has 24 heavy (non-hydrogen) atoms. The summed E-state index contributed by atoms with van der Waals surface area (Å²) in [6.45, 7) is 6.15. The van der Waals surface area contributed by atoms with Crippen molar-refractivity contribution in [3.8, 4) is 5.75 Å². The van der Waals surface area contributed by atoms with Crippen molar-refractivity contribution in [3.63, 3.8) is 0 Å². The molecule has 0 saturated carbocycles. The summed E-state index contributed by atoms with van der Waals surface area (Å²) in [5, 5.41) is 0. The summed E-state index contributed by atoms with van der Waals surface area (Å²) in [6.07, 6.45) is 5.33. The number of benzene rings is 1. The molecule has 0 N–H and O–H groups in total. The van der Waals surface area contributed by atoms with Gasteiger partial charge < -0.3 is 18.7 Å². The van der Waals surface area contributed by atoms with Crippen molar-refractivity contribution >= 4 is 13.7 Å². The summed E-state index contributed by atoms with van der Waals surface area (Å²) >= 11 is 0. The van der Waals surface area contributed by atoms with Crippen LogP contribution < -0.4 is 4.74 Å². The fourth-order valence-corrected chi connectivity index (χ4v) is 4.70. The summed E-state index contributed by atoms with van der Waals surface area (Å²) in [4.78, 5) is 2.15. The SMILES string of the molecule is CCOP(=O)(OCC)/C(=C\c1ccc(OC)cc1)N1CCCCC1.